The van der Waals surface area contributed by atoms with Crippen LogP contribution in [0.2, 0.25) is 10.0 Å². The Bertz CT molecular complexity index is 1330. The fourth-order valence-electron chi connectivity index (χ4n) is 3.32. The zero-order valence-corrected chi connectivity index (χ0v) is 17.3. The fourth-order valence-corrected chi connectivity index (χ4v) is 3.83. The van der Waals surface area contributed by atoms with Crippen molar-refractivity contribution in [3.05, 3.63) is 100 Å². The van der Waals surface area contributed by atoms with E-state index in [0.717, 1.165) is 44.9 Å². The number of aromatic nitrogens is 2. The lowest BCUT2D eigenvalue weighted by Crippen LogP contribution is -1.80. The van der Waals surface area contributed by atoms with Crippen molar-refractivity contribution in [1.82, 2.24) is 9.97 Å². The highest BCUT2D eigenvalue weighted by atomic mass is 35.5. The lowest BCUT2D eigenvalue weighted by atomic mass is 10.1. The van der Waals surface area contributed by atoms with Gasteiger partial charge in [0.2, 0.25) is 0 Å². The van der Waals surface area contributed by atoms with E-state index < -0.39 is 0 Å². The Hall–Kier alpha value is -3.27. The number of nitrogens with zero attached hydrogens (tertiary/aromatic N) is 1. The van der Waals surface area contributed by atoms with Gasteiger partial charge in [-0.25, -0.2) is 4.98 Å². The number of hydrogen-bond donors (Lipinski definition) is 1. The van der Waals surface area contributed by atoms with Gasteiger partial charge in [0.05, 0.1) is 16.9 Å². The molecule has 2 aromatic heterocycles. The van der Waals surface area contributed by atoms with Crippen molar-refractivity contribution in [3.8, 4) is 22.6 Å². The van der Waals surface area contributed by atoms with Gasteiger partial charge in [-0.3, -0.25) is 0 Å². The van der Waals surface area contributed by atoms with E-state index in [9.17, 15) is 0 Å². The first kappa shape index (κ1) is 18.7. The molecule has 0 bridgehead atoms. The summed E-state index contributed by atoms with van der Waals surface area (Å²) in [7, 11) is 0. The van der Waals surface area contributed by atoms with E-state index in [1.54, 1.807) is 12.3 Å². The SMILES string of the molecule is Clc1ccc(-c2cnc(C=Cc3ccc(-c4cc5ccccc5o4)cc3)[nH]2)c(Cl)c1. The van der Waals surface area contributed by atoms with Gasteiger partial charge in [0, 0.05) is 21.5 Å². The quantitative estimate of drug-likeness (QED) is 0.314. The minimum Gasteiger partial charge on any atom is -0.456 e. The summed E-state index contributed by atoms with van der Waals surface area (Å²) in [6, 6.07) is 23.7. The molecule has 3 aromatic carbocycles. The minimum absolute atomic E-state index is 0.586. The molecule has 2 heterocycles. The highest BCUT2D eigenvalue weighted by molar-refractivity contribution is 6.36. The molecule has 0 aliphatic heterocycles. The number of rotatable bonds is 4. The maximum Gasteiger partial charge on any atom is 0.135 e. The highest BCUT2D eigenvalue weighted by Gasteiger charge is 2.07. The normalized spacial score (nSPS) is 11.5. The van der Waals surface area contributed by atoms with Crippen LogP contribution >= 0.6 is 23.2 Å². The van der Waals surface area contributed by atoms with E-state index in [2.05, 4.69) is 40.3 Å². The maximum atomic E-state index is 6.28. The van der Waals surface area contributed by atoms with Crippen LogP contribution in [0.5, 0.6) is 0 Å². The summed E-state index contributed by atoms with van der Waals surface area (Å²) in [5.74, 6) is 1.61. The molecule has 0 aliphatic carbocycles. The number of imidazole rings is 1. The van der Waals surface area contributed by atoms with E-state index >= 15 is 0 Å². The van der Waals surface area contributed by atoms with Crippen LogP contribution in [0, 0.1) is 0 Å². The van der Waals surface area contributed by atoms with Crippen LogP contribution in [-0.4, -0.2) is 9.97 Å². The molecule has 146 valence electrons. The van der Waals surface area contributed by atoms with E-state index in [1.807, 2.05) is 48.6 Å². The van der Waals surface area contributed by atoms with Crippen molar-refractivity contribution < 1.29 is 4.42 Å². The molecule has 0 atom stereocenters. The predicted molar refractivity (Wildman–Crippen MR) is 125 cm³/mol. The van der Waals surface area contributed by atoms with Crippen molar-refractivity contribution in [2.24, 2.45) is 0 Å². The summed E-state index contributed by atoms with van der Waals surface area (Å²) < 4.78 is 5.93. The van der Waals surface area contributed by atoms with Crippen LogP contribution in [0.25, 0.3) is 45.7 Å². The number of hydrogen-bond acceptors (Lipinski definition) is 2. The molecule has 0 fully saturated rings. The van der Waals surface area contributed by atoms with Gasteiger partial charge in [0.15, 0.2) is 0 Å². The monoisotopic (exact) mass is 430 g/mol. The van der Waals surface area contributed by atoms with Crippen LogP contribution in [0.3, 0.4) is 0 Å². The predicted octanol–water partition coefficient (Wildman–Crippen LogP) is 7.97. The number of halogens is 2. The number of aromatic amines is 1. The summed E-state index contributed by atoms with van der Waals surface area (Å²) in [5, 5.41) is 2.29. The lowest BCUT2D eigenvalue weighted by molar-refractivity contribution is 0.631. The molecule has 30 heavy (non-hydrogen) atoms. The van der Waals surface area contributed by atoms with E-state index in [-0.39, 0.29) is 0 Å². The van der Waals surface area contributed by atoms with Crippen LogP contribution in [0.4, 0.5) is 0 Å². The van der Waals surface area contributed by atoms with Gasteiger partial charge < -0.3 is 9.40 Å². The molecular weight excluding hydrogens is 415 g/mol. The van der Waals surface area contributed by atoms with Crippen molar-refractivity contribution in [3.63, 3.8) is 0 Å². The third-order valence-corrected chi connectivity index (χ3v) is 5.42. The molecule has 0 unspecified atom stereocenters. The lowest BCUT2D eigenvalue weighted by Gasteiger charge is -2.01. The molecule has 0 amide bonds. The molecule has 0 aliphatic rings. The zero-order chi connectivity index (χ0) is 20.5. The number of benzene rings is 3. The van der Waals surface area contributed by atoms with E-state index in [0.29, 0.717) is 10.0 Å². The first-order chi connectivity index (χ1) is 14.7. The smallest absolute Gasteiger partial charge is 0.135 e. The first-order valence-corrected chi connectivity index (χ1v) is 10.2. The molecule has 5 aromatic rings. The average Bonchev–Trinajstić information content (AvgIpc) is 3.40. The summed E-state index contributed by atoms with van der Waals surface area (Å²) >= 11 is 12.3. The topological polar surface area (TPSA) is 41.8 Å². The largest absolute Gasteiger partial charge is 0.456 e. The summed E-state index contributed by atoms with van der Waals surface area (Å²) in [5.41, 5.74) is 4.71. The van der Waals surface area contributed by atoms with Gasteiger partial charge in [0.1, 0.15) is 17.2 Å². The van der Waals surface area contributed by atoms with Gasteiger partial charge in [-0.05, 0) is 42.0 Å². The van der Waals surface area contributed by atoms with Gasteiger partial charge in [-0.1, -0.05) is 71.7 Å². The van der Waals surface area contributed by atoms with E-state index in [1.165, 1.54) is 0 Å². The summed E-state index contributed by atoms with van der Waals surface area (Å²) in [6.45, 7) is 0. The number of H-pyrrole nitrogens is 1. The van der Waals surface area contributed by atoms with Gasteiger partial charge in [0.25, 0.3) is 0 Å². The molecule has 5 heteroatoms. The van der Waals surface area contributed by atoms with E-state index in [4.69, 9.17) is 27.6 Å². The Balaban J connectivity index is 1.34. The molecular formula is C25H16Cl2N2O. The molecule has 3 nitrogen and oxygen atoms in total. The average molecular weight is 431 g/mol. The standard InChI is InChI=1S/C25H16Cl2N2O/c26-19-10-11-20(21(27)14-19)22-15-28-25(29-22)12-7-16-5-8-17(9-6-16)24-13-18-3-1-2-4-23(18)30-24/h1-15H,(H,28,29). The summed E-state index contributed by atoms with van der Waals surface area (Å²) in [4.78, 5) is 7.68. The summed E-state index contributed by atoms with van der Waals surface area (Å²) in [6.07, 6.45) is 5.71. The Morgan fingerprint density at radius 2 is 1.70 bits per heavy atom. The molecule has 0 saturated carbocycles. The maximum absolute atomic E-state index is 6.28. The zero-order valence-electron chi connectivity index (χ0n) is 15.8. The number of furan rings is 1. The second kappa shape index (κ2) is 7.86. The van der Waals surface area contributed by atoms with Crippen molar-refractivity contribution in [2.45, 2.75) is 0 Å². The number of nitrogens with one attached hydrogen (secondary N) is 1. The molecule has 0 radical (unpaired) electrons. The van der Waals surface area contributed by atoms with Crippen LogP contribution < -0.4 is 0 Å². The number of para-hydroxylation sites is 1. The first-order valence-electron chi connectivity index (χ1n) is 9.43. The van der Waals surface area contributed by atoms with Crippen LogP contribution in [0.15, 0.2) is 83.4 Å². The van der Waals surface area contributed by atoms with Crippen LogP contribution in [0.1, 0.15) is 11.4 Å². The van der Waals surface area contributed by atoms with Crippen molar-refractivity contribution in [2.75, 3.05) is 0 Å². The highest BCUT2D eigenvalue weighted by Crippen LogP contribution is 2.30. The number of fused-ring (bicyclic) bond motifs is 1. The fraction of sp³-hybridized carbons (Fsp3) is 0. The third kappa shape index (κ3) is 3.78. The Morgan fingerprint density at radius 3 is 2.50 bits per heavy atom. The van der Waals surface area contributed by atoms with Crippen molar-refractivity contribution in [1.29, 1.82) is 0 Å². The van der Waals surface area contributed by atoms with Crippen LogP contribution in [-0.2, 0) is 0 Å². The Kier molecular flexibility index (Phi) is 4.91. The van der Waals surface area contributed by atoms with Gasteiger partial charge in [-0.2, -0.15) is 0 Å². The second-order valence-electron chi connectivity index (χ2n) is 6.91. The minimum atomic E-state index is 0.586. The molecule has 0 saturated heterocycles. The van der Waals surface area contributed by atoms with Gasteiger partial charge in [-0.15, -0.1) is 0 Å². The Morgan fingerprint density at radius 1 is 0.867 bits per heavy atom. The van der Waals surface area contributed by atoms with Crippen molar-refractivity contribution >= 4 is 46.3 Å². The second-order valence-corrected chi connectivity index (χ2v) is 7.75. The molecule has 5 rings (SSSR count). The molecule has 1 N–H and O–H groups in total. The molecule has 0 spiro atoms. The van der Waals surface area contributed by atoms with Gasteiger partial charge >= 0.3 is 0 Å². The third-order valence-electron chi connectivity index (χ3n) is 4.87. The Labute approximate surface area is 183 Å².